The minimum Gasteiger partial charge on any atom is -0.496 e. The van der Waals surface area contributed by atoms with Crippen molar-refractivity contribution in [3.63, 3.8) is 0 Å². The fourth-order valence-electron chi connectivity index (χ4n) is 1.94. The third kappa shape index (κ3) is 2.93. The molecule has 2 heterocycles. The van der Waals surface area contributed by atoms with Crippen LogP contribution in [0.1, 0.15) is 5.56 Å². The van der Waals surface area contributed by atoms with E-state index < -0.39 is 5.76 Å². The van der Waals surface area contributed by atoms with Crippen molar-refractivity contribution in [3.05, 3.63) is 56.3 Å². The number of nitrogens with zero attached hydrogens (tertiary/aromatic N) is 2. The van der Waals surface area contributed by atoms with Crippen LogP contribution in [0.2, 0.25) is 0 Å². The van der Waals surface area contributed by atoms with E-state index in [1.165, 1.54) is 16.0 Å². The minimum absolute atomic E-state index is 0.288. The lowest BCUT2D eigenvalue weighted by atomic mass is 10.2. The number of methoxy groups -OCH3 is 1. The zero-order valence-corrected chi connectivity index (χ0v) is 13.5. The molecule has 0 aliphatic rings. The van der Waals surface area contributed by atoms with E-state index in [2.05, 4.69) is 21.0 Å². The number of halogens is 1. The number of rotatable bonds is 4. The minimum atomic E-state index is -0.486. The molecule has 1 aromatic carbocycles. The second-order valence-corrected chi connectivity index (χ2v) is 6.13. The smallest absolute Gasteiger partial charge is 0.437 e. The average Bonchev–Trinajstić information content (AvgIpc) is 3.10. The molecule has 0 radical (unpaired) electrons. The van der Waals surface area contributed by atoms with Crippen molar-refractivity contribution in [3.8, 4) is 16.5 Å². The van der Waals surface area contributed by atoms with E-state index in [1.807, 2.05) is 35.7 Å². The monoisotopic (exact) mass is 366 g/mol. The fraction of sp³-hybridized carbons (Fsp3) is 0.143. The van der Waals surface area contributed by atoms with E-state index >= 15 is 0 Å². The van der Waals surface area contributed by atoms with Gasteiger partial charge in [-0.25, -0.2) is 4.79 Å². The third-order valence-corrected chi connectivity index (χ3v) is 4.25. The summed E-state index contributed by atoms with van der Waals surface area (Å²) >= 11 is 4.88. The Morgan fingerprint density at radius 2 is 2.29 bits per heavy atom. The van der Waals surface area contributed by atoms with Crippen LogP contribution in [-0.4, -0.2) is 16.9 Å². The molecule has 0 N–H and O–H groups in total. The van der Waals surface area contributed by atoms with Gasteiger partial charge >= 0.3 is 5.76 Å². The van der Waals surface area contributed by atoms with E-state index in [4.69, 9.17) is 9.15 Å². The lowest BCUT2D eigenvalue weighted by molar-refractivity contribution is 0.405. The van der Waals surface area contributed by atoms with Crippen molar-refractivity contribution in [1.29, 1.82) is 0 Å². The fourth-order valence-corrected chi connectivity index (χ4v) is 2.99. The molecule has 3 rings (SSSR count). The molecular formula is C14H11BrN2O3S. The molecule has 0 fully saturated rings. The molecule has 7 heteroatoms. The molecule has 0 saturated carbocycles. The first-order valence-electron chi connectivity index (χ1n) is 6.11. The van der Waals surface area contributed by atoms with Crippen LogP contribution in [-0.2, 0) is 6.54 Å². The SMILES string of the molecule is COc1ccc(Br)cc1Cn1nc(-c2cccs2)oc1=O. The molecule has 0 aliphatic carbocycles. The summed E-state index contributed by atoms with van der Waals surface area (Å²) in [7, 11) is 1.59. The van der Waals surface area contributed by atoms with E-state index in [1.54, 1.807) is 7.11 Å². The Labute approximate surface area is 132 Å². The van der Waals surface area contributed by atoms with Crippen molar-refractivity contribution in [2.75, 3.05) is 7.11 Å². The maximum atomic E-state index is 11.9. The molecule has 0 unspecified atom stereocenters. The summed E-state index contributed by atoms with van der Waals surface area (Å²) < 4.78 is 12.7. The van der Waals surface area contributed by atoms with Gasteiger partial charge < -0.3 is 9.15 Å². The molecule has 0 atom stereocenters. The Balaban J connectivity index is 1.96. The second kappa shape index (κ2) is 5.87. The quantitative estimate of drug-likeness (QED) is 0.710. The van der Waals surface area contributed by atoms with Crippen molar-refractivity contribution in [1.82, 2.24) is 9.78 Å². The maximum Gasteiger partial charge on any atom is 0.437 e. The first-order chi connectivity index (χ1) is 10.2. The standard InChI is InChI=1S/C14H11BrN2O3S/c1-19-11-5-4-10(15)7-9(11)8-17-14(18)20-13(16-17)12-3-2-6-21-12/h2-7H,8H2,1H3. The Hall–Kier alpha value is -1.86. The first-order valence-corrected chi connectivity index (χ1v) is 7.79. The molecule has 0 spiro atoms. The van der Waals surface area contributed by atoms with Crippen LogP contribution < -0.4 is 10.5 Å². The van der Waals surface area contributed by atoms with Crippen LogP contribution in [0, 0.1) is 0 Å². The van der Waals surface area contributed by atoms with Crippen LogP contribution in [0.25, 0.3) is 10.8 Å². The van der Waals surface area contributed by atoms with Crippen molar-refractivity contribution >= 4 is 27.3 Å². The maximum absolute atomic E-state index is 11.9. The molecule has 108 valence electrons. The van der Waals surface area contributed by atoms with Gasteiger partial charge in [0.05, 0.1) is 18.5 Å². The van der Waals surface area contributed by atoms with Gasteiger partial charge in [0.15, 0.2) is 0 Å². The molecule has 0 aliphatic heterocycles. The highest BCUT2D eigenvalue weighted by Crippen LogP contribution is 2.24. The zero-order valence-electron chi connectivity index (χ0n) is 11.1. The van der Waals surface area contributed by atoms with Crippen molar-refractivity contribution < 1.29 is 9.15 Å². The normalized spacial score (nSPS) is 10.8. The van der Waals surface area contributed by atoms with E-state index in [0.29, 0.717) is 11.6 Å². The first kappa shape index (κ1) is 14.1. The van der Waals surface area contributed by atoms with Crippen LogP contribution in [0.15, 0.2) is 49.4 Å². The Bertz CT molecular complexity index is 808. The summed E-state index contributed by atoms with van der Waals surface area (Å²) in [5.41, 5.74) is 0.847. The van der Waals surface area contributed by atoms with E-state index in [0.717, 1.165) is 14.9 Å². The van der Waals surface area contributed by atoms with Gasteiger partial charge in [-0.05, 0) is 29.6 Å². The van der Waals surface area contributed by atoms with E-state index in [9.17, 15) is 4.79 Å². The lowest BCUT2D eigenvalue weighted by Gasteiger charge is -2.07. The molecular weight excluding hydrogens is 356 g/mol. The lowest BCUT2D eigenvalue weighted by Crippen LogP contribution is -2.17. The van der Waals surface area contributed by atoms with Crippen molar-refractivity contribution in [2.45, 2.75) is 6.54 Å². The summed E-state index contributed by atoms with van der Waals surface area (Å²) in [5.74, 6) is 0.551. The predicted molar refractivity (Wildman–Crippen MR) is 83.9 cm³/mol. The summed E-state index contributed by atoms with van der Waals surface area (Å²) in [4.78, 5) is 12.7. The highest BCUT2D eigenvalue weighted by atomic mass is 79.9. The Morgan fingerprint density at radius 3 is 3.00 bits per heavy atom. The summed E-state index contributed by atoms with van der Waals surface area (Å²) in [5, 5.41) is 6.14. The second-order valence-electron chi connectivity index (χ2n) is 4.26. The van der Waals surface area contributed by atoms with Gasteiger partial charge in [0.25, 0.3) is 5.89 Å². The molecule has 5 nitrogen and oxygen atoms in total. The van der Waals surface area contributed by atoms with Crippen LogP contribution in [0.5, 0.6) is 5.75 Å². The molecule has 0 saturated heterocycles. The topological polar surface area (TPSA) is 57.3 Å². The number of ether oxygens (including phenoxy) is 1. The van der Waals surface area contributed by atoms with Gasteiger partial charge in [0.2, 0.25) is 0 Å². The van der Waals surface area contributed by atoms with Crippen molar-refractivity contribution in [2.24, 2.45) is 0 Å². The third-order valence-electron chi connectivity index (χ3n) is 2.90. The molecule has 0 bridgehead atoms. The molecule has 0 amide bonds. The zero-order chi connectivity index (χ0) is 14.8. The molecule has 3 aromatic rings. The summed E-state index contributed by atoms with van der Waals surface area (Å²) in [6, 6.07) is 9.36. The van der Waals surface area contributed by atoms with Gasteiger partial charge in [-0.1, -0.05) is 22.0 Å². The number of thiophene rings is 1. The number of hydrogen-bond acceptors (Lipinski definition) is 5. The van der Waals surface area contributed by atoms with Crippen LogP contribution in [0.4, 0.5) is 0 Å². The number of hydrogen-bond donors (Lipinski definition) is 0. The van der Waals surface area contributed by atoms with Gasteiger partial charge in [0.1, 0.15) is 5.75 Å². The highest BCUT2D eigenvalue weighted by molar-refractivity contribution is 9.10. The van der Waals surface area contributed by atoms with Crippen LogP contribution in [0.3, 0.4) is 0 Å². The van der Waals surface area contributed by atoms with E-state index in [-0.39, 0.29) is 6.54 Å². The van der Waals surface area contributed by atoms with Gasteiger partial charge in [0, 0.05) is 10.0 Å². The summed E-state index contributed by atoms with van der Waals surface area (Å²) in [6.45, 7) is 0.288. The number of aromatic nitrogens is 2. The van der Waals surface area contributed by atoms with Gasteiger partial charge in [-0.15, -0.1) is 16.4 Å². The average molecular weight is 367 g/mol. The number of benzene rings is 1. The molecule has 21 heavy (non-hydrogen) atoms. The highest BCUT2D eigenvalue weighted by Gasteiger charge is 2.13. The largest absolute Gasteiger partial charge is 0.496 e. The Morgan fingerprint density at radius 1 is 1.43 bits per heavy atom. The predicted octanol–water partition coefficient (Wildman–Crippen LogP) is 3.38. The van der Waals surface area contributed by atoms with Gasteiger partial charge in [-0.3, -0.25) is 0 Å². The Kier molecular flexibility index (Phi) is 3.94. The van der Waals surface area contributed by atoms with Gasteiger partial charge in [-0.2, -0.15) is 4.68 Å². The summed E-state index contributed by atoms with van der Waals surface area (Å²) in [6.07, 6.45) is 0. The molecule has 2 aromatic heterocycles. The van der Waals surface area contributed by atoms with Crippen LogP contribution >= 0.6 is 27.3 Å².